The summed E-state index contributed by atoms with van der Waals surface area (Å²) in [6.45, 7) is 5.70. The summed E-state index contributed by atoms with van der Waals surface area (Å²) in [4.78, 5) is 8.13. The lowest BCUT2D eigenvalue weighted by Crippen LogP contribution is -1.94. The van der Waals surface area contributed by atoms with Gasteiger partial charge in [-0.05, 0) is 30.7 Å². The van der Waals surface area contributed by atoms with Crippen molar-refractivity contribution < 1.29 is 4.39 Å². The second-order valence-corrected chi connectivity index (χ2v) is 7.59. The van der Waals surface area contributed by atoms with E-state index in [1.807, 2.05) is 38.5 Å². The molecule has 0 aliphatic carbocycles. The molecule has 5 rings (SSSR count). The lowest BCUT2D eigenvalue weighted by Gasteiger charge is -2.07. The largest absolute Gasteiger partial charge is 0.340 e. The minimum atomic E-state index is -0.309. The summed E-state index contributed by atoms with van der Waals surface area (Å²) in [5.74, 6) is 0.300. The standard InChI is InChI=1S/C25H21FN6/c1-4-7-19(18-8-5-6-9-21(18)26)23-15(2)28-25(29-23)24-20-12-16(10-11-22(20)30-31-24)17-13-27-32(3)14-17/h4-14H,1H2,2-3H3,(H,28,29)(H,30,31)/b19-7-. The number of H-pyrrole nitrogens is 2. The Morgan fingerprint density at radius 3 is 2.75 bits per heavy atom. The van der Waals surface area contributed by atoms with Crippen molar-refractivity contribution in [3.05, 3.63) is 96.4 Å². The zero-order valence-corrected chi connectivity index (χ0v) is 17.7. The number of nitrogens with zero attached hydrogens (tertiary/aromatic N) is 4. The smallest absolute Gasteiger partial charge is 0.159 e. The highest BCUT2D eigenvalue weighted by molar-refractivity contribution is 5.94. The normalized spacial score (nSPS) is 11.9. The van der Waals surface area contributed by atoms with Crippen molar-refractivity contribution in [1.82, 2.24) is 29.9 Å². The number of aromatic nitrogens is 6. The number of halogens is 1. The minimum absolute atomic E-state index is 0.309. The number of imidazole rings is 1. The van der Waals surface area contributed by atoms with Gasteiger partial charge in [-0.25, -0.2) is 9.37 Å². The van der Waals surface area contributed by atoms with Crippen LogP contribution in [0.25, 0.3) is 39.1 Å². The quantitative estimate of drug-likeness (QED) is 0.370. The molecule has 0 saturated carbocycles. The molecule has 6 nitrogen and oxygen atoms in total. The van der Waals surface area contributed by atoms with E-state index in [-0.39, 0.29) is 5.82 Å². The van der Waals surface area contributed by atoms with Crippen molar-refractivity contribution in [3.8, 4) is 22.6 Å². The molecule has 0 saturated heterocycles. The number of hydrogen-bond donors (Lipinski definition) is 2. The van der Waals surface area contributed by atoms with Crippen LogP contribution in [-0.2, 0) is 7.05 Å². The Kier molecular flexibility index (Phi) is 4.78. The molecule has 0 fully saturated rings. The van der Waals surface area contributed by atoms with E-state index in [0.29, 0.717) is 28.3 Å². The number of allylic oxidation sites excluding steroid dienone is 2. The van der Waals surface area contributed by atoms with E-state index in [1.54, 1.807) is 35.0 Å². The number of rotatable bonds is 5. The molecule has 158 valence electrons. The summed E-state index contributed by atoms with van der Waals surface area (Å²) in [6, 6.07) is 12.7. The van der Waals surface area contributed by atoms with Crippen LogP contribution < -0.4 is 0 Å². The fourth-order valence-corrected chi connectivity index (χ4v) is 3.87. The molecule has 0 aliphatic heterocycles. The topological polar surface area (TPSA) is 75.2 Å². The van der Waals surface area contributed by atoms with Gasteiger partial charge in [-0.1, -0.05) is 43.0 Å². The summed E-state index contributed by atoms with van der Waals surface area (Å²) in [6.07, 6.45) is 7.21. The van der Waals surface area contributed by atoms with Crippen LogP contribution in [0, 0.1) is 12.7 Å². The Bertz CT molecular complexity index is 1480. The van der Waals surface area contributed by atoms with Crippen LogP contribution in [0.1, 0.15) is 17.0 Å². The maximum atomic E-state index is 14.5. The average Bonchev–Trinajstić information content (AvgIpc) is 3.50. The van der Waals surface area contributed by atoms with E-state index >= 15 is 0 Å². The van der Waals surface area contributed by atoms with Crippen molar-refractivity contribution in [2.75, 3.05) is 0 Å². The molecule has 2 N–H and O–H groups in total. The van der Waals surface area contributed by atoms with Gasteiger partial charge in [0.2, 0.25) is 0 Å². The molecule has 0 radical (unpaired) electrons. The van der Waals surface area contributed by atoms with Gasteiger partial charge in [0.25, 0.3) is 0 Å². The van der Waals surface area contributed by atoms with Crippen molar-refractivity contribution in [3.63, 3.8) is 0 Å². The SMILES string of the molecule is C=C/C=C(/c1ccccc1F)c1nc(-c2n[nH]c3ccc(-c4cnn(C)c4)cc23)[nH]c1C. The zero-order valence-electron chi connectivity index (χ0n) is 17.7. The van der Waals surface area contributed by atoms with E-state index in [0.717, 1.165) is 27.7 Å². The van der Waals surface area contributed by atoms with Crippen LogP contribution in [0.2, 0.25) is 0 Å². The molecule has 0 spiro atoms. The Morgan fingerprint density at radius 2 is 2.00 bits per heavy atom. The van der Waals surface area contributed by atoms with E-state index in [9.17, 15) is 4.39 Å². The van der Waals surface area contributed by atoms with Crippen LogP contribution in [-0.4, -0.2) is 29.9 Å². The molecule has 0 amide bonds. The predicted molar refractivity (Wildman–Crippen MR) is 124 cm³/mol. The average molecular weight is 424 g/mol. The van der Waals surface area contributed by atoms with Crippen LogP contribution in [0.3, 0.4) is 0 Å². The maximum absolute atomic E-state index is 14.5. The summed E-state index contributed by atoms with van der Waals surface area (Å²) < 4.78 is 16.3. The molecule has 3 heterocycles. The van der Waals surface area contributed by atoms with Crippen molar-refractivity contribution in [2.45, 2.75) is 6.92 Å². The predicted octanol–water partition coefficient (Wildman–Crippen LogP) is 5.42. The highest BCUT2D eigenvalue weighted by atomic mass is 19.1. The number of nitrogens with one attached hydrogen (secondary N) is 2. The second-order valence-electron chi connectivity index (χ2n) is 7.59. The molecule has 5 aromatic rings. The van der Waals surface area contributed by atoms with Gasteiger partial charge in [0.05, 0.1) is 17.4 Å². The van der Waals surface area contributed by atoms with E-state index in [4.69, 9.17) is 4.98 Å². The van der Waals surface area contributed by atoms with Gasteiger partial charge < -0.3 is 4.98 Å². The van der Waals surface area contributed by atoms with Gasteiger partial charge in [-0.3, -0.25) is 9.78 Å². The van der Waals surface area contributed by atoms with Crippen molar-refractivity contribution >= 4 is 16.5 Å². The summed E-state index contributed by atoms with van der Waals surface area (Å²) in [5, 5.41) is 12.8. The summed E-state index contributed by atoms with van der Waals surface area (Å²) >= 11 is 0. The Morgan fingerprint density at radius 1 is 1.16 bits per heavy atom. The first-order valence-electron chi connectivity index (χ1n) is 10.2. The molecule has 0 bridgehead atoms. The lowest BCUT2D eigenvalue weighted by molar-refractivity contribution is 0.624. The molecule has 0 aliphatic rings. The second kappa shape index (κ2) is 7.77. The van der Waals surface area contributed by atoms with E-state index in [1.165, 1.54) is 6.07 Å². The van der Waals surface area contributed by atoms with Gasteiger partial charge >= 0.3 is 0 Å². The van der Waals surface area contributed by atoms with Gasteiger partial charge in [0.15, 0.2) is 5.82 Å². The fraction of sp³-hybridized carbons (Fsp3) is 0.0800. The number of aromatic amines is 2. The van der Waals surface area contributed by atoms with Gasteiger partial charge in [0, 0.05) is 41.0 Å². The third-order valence-corrected chi connectivity index (χ3v) is 5.41. The third kappa shape index (κ3) is 3.33. The van der Waals surface area contributed by atoms with Crippen LogP contribution in [0.4, 0.5) is 4.39 Å². The third-order valence-electron chi connectivity index (χ3n) is 5.41. The number of hydrogen-bond acceptors (Lipinski definition) is 3. The fourth-order valence-electron chi connectivity index (χ4n) is 3.87. The molecule has 0 atom stereocenters. The zero-order chi connectivity index (χ0) is 22.2. The number of aryl methyl sites for hydroxylation is 2. The highest BCUT2D eigenvalue weighted by Gasteiger charge is 2.19. The van der Waals surface area contributed by atoms with Crippen molar-refractivity contribution in [1.29, 1.82) is 0 Å². The van der Waals surface area contributed by atoms with Gasteiger partial charge in [-0.15, -0.1) is 0 Å². The summed E-state index contributed by atoms with van der Waals surface area (Å²) in [5.41, 5.74) is 6.27. The monoisotopic (exact) mass is 424 g/mol. The molecule has 32 heavy (non-hydrogen) atoms. The minimum Gasteiger partial charge on any atom is -0.340 e. The first kappa shape index (κ1) is 19.7. The van der Waals surface area contributed by atoms with Crippen LogP contribution in [0.15, 0.2) is 73.6 Å². The number of fused-ring (bicyclic) bond motifs is 1. The first-order valence-corrected chi connectivity index (χ1v) is 10.2. The molecular formula is C25H21FN6. The van der Waals surface area contributed by atoms with E-state index < -0.39 is 0 Å². The first-order chi connectivity index (χ1) is 15.5. The Labute approximate surface area is 184 Å². The maximum Gasteiger partial charge on any atom is 0.159 e. The summed E-state index contributed by atoms with van der Waals surface area (Å²) in [7, 11) is 1.89. The van der Waals surface area contributed by atoms with Crippen LogP contribution >= 0.6 is 0 Å². The highest BCUT2D eigenvalue weighted by Crippen LogP contribution is 2.32. The van der Waals surface area contributed by atoms with Crippen LogP contribution in [0.5, 0.6) is 0 Å². The lowest BCUT2D eigenvalue weighted by atomic mass is 10.0. The Hall–Kier alpha value is -4.26. The molecule has 2 aromatic carbocycles. The van der Waals surface area contributed by atoms with Gasteiger partial charge in [0.1, 0.15) is 11.5 Å². The Balaban J connectivity index is 1.62. The van der Waals surface area contributed by atoms with E-state index in [2.05, 4.69) is 32.9 Å². The molecule has 0 unspecified atom stereocenters. The molecule has 7 heteroatoms. The molecule has 3 aromatic heterocycles. The van der Waals surface area contributed by atoms with Crippen molar-refractivity contribution in [2.24, 2.45) is 7.05 Å². The number of benzene rings is 2. The van der Waals surface area contributed by atoms with Gasteiger partial charge in [-0.2, -0.15) is 10.2 Å². The molecular weight excluding hydrogens is 403 g/mol.